The fourth-order valence-electron chi connectivity index (χ4n) is 5.32. The molecule has 1 heterocycles. The third-order valence-electron chi connectivity index (χ3n) is 8.00. The lowest BCUT2D eigenvalue weighted by molar-refractivity contribution is 1.07. The predicted octanol–water partition coefficient (Wildman–Crippen LogP) is 9.30. The molecule has 5 heteroatoms. The highest BCUT2D eigenvalue weighted by molar-refractivity contribution is 6.89. The molecule has 0 N–H and O–H groups in total. The second kappa shape index (κ2) is 11.9. The monoisotopic (exact) mass is 605 g/mol. The van der Waals surface area contributed by atoms with Crippen LogP contribution in [0.3, 0.4) is 0 Å². The van der Waals surface area contributed by atoms with Gasteiger partial charge in [-0.15, -0.1) is 0 Å². The molecule has 6 rings (SSSR count). The number of hydrogen-bond donors (Lipinski definition) is 0. The largest absolute Gasteiger partial charge is 0.208 e. The van der Waals surface area contributed by atoms with Crippen LogP contribution in [0.15, 0.2) is 127 Å². The molecule has 0 aliphatic heterocycles. The SMILES string of the molecule is C[Si](C)(C)c1cc(-c2ccccc2)cc(-c2cc(-c3nc(-c4ccccc4)nc(-c4ccccc4)n3)cc([Si](C)(C)C)c2)c1. The molecule has 0 amide bonds. The summed E-state index contributed by atoms with van der Waals surface area (Å²) < 4.78 is 0. The second-order valence-electron chi connectivity index (χ2n) is 13.5. The Morgan fingerprint density at radius 1 is 0.318 bits per heavy atom. The lowest BCUT2D eigenvalue weighted by Crippen LogP contribution is -2.38. The Balaban J connectivity index is 1.59. The molecule has 3 nitrogen and oxygen atoms in total. The van der Waals surface area contributed by atoms with Gasteiger partial charge in [0.05, 0.1) is 16.1 Å². The van der Waals surface area contributed by atoms with Gasteiger partial charge in [-0.1, -0.05) is 165 Å². The molecule has 0 spiro atoms. The van der Waals surface area contributed by atoms with E-state index in [1.54, 1.807) is 0 Å². The van der Waals surface area contributed by atoms with E-state index in [-0.39, 0.29) is 0 Å². The Hall–Kier alpha value is -4.46. The second-order valence-corrected chi connectivity index (χ2v) is 23.7. The first kappa shape index (κ1) is 29.6. The summed E-state index contributed by atoms with van der Waals surface area (Å²) in [5.74, 6) is 2.06. The average molecular weight is 606 g/mol. The Labute approximate surface area is 263 Å². The molecular weight excluding hydrogens is 567 g/mol. The molecule has 5 aromatic carbocycles. The Kier molecular flexibility index (Phi) is 8.01. The van der Waals surface area contributed by atoms with Crippen molar-refractivity contribution < 1.29 is 0 Å². The Morgan fingerprint density at radius 2 is 0.614 bits per heavy atom. The average Bonchev–Trinajstić information content (AvgIpc) is 3.04. The van der Waals surface area contributed by atoms with E-state index >= 15 is 0 Å². The molecule has 0 fully saturated rings. The van der Waals surface area contributed by atoms with Gasteiger partial charge < -0.3 is 0 Å². The van der Waals surface area contributed by atoms with Crippen molar-refractivity contribution in [3.8, 4) is 56.4 Å². The molecule has 0 bridgehead atoms. The van der Waals surface area contributed by atoms with Crippen molar-refractivity contribution in [2.75, 3.05) is 0 Å². The number of benzene rings is 5. The maximum Gasteiger partial charge on any atom is 0.164 e. The molecule has 218 valence electrons. The lowest BCUT2D eigenvalue weighted by Gasteiger charge is -2.22. The van der Waals surface area contributed by atoms with Gasteiger partial charge >= 0.3 is 0 Å². The van der Waals surface area contributed by atoms with Crippen LogP contribution in [0, 0.1) is 0 Å². The third-order valence-corrected chi connectivity index (χ3v) is 12.0. The van der Waals surface area contributed by atoms with Crippen molar-refractivity contribution in [2.45, 2.75) is 39.3 Å². The van der Waals surface area contributed by atoms with Gasteiger partial charge in [0.25, 0.3) is 0 Å². The minimum Gasteiger partial charge on any atom is -0.208 e. The lowest BCUT2D eigenvalue weighted by atomic mass is 9.97. The summed E-state index contributed by atoms with van der Waals surface area (Å²) in [6.45, 7) is 14.5. The molecule has 0 aliphatic carbocycles. The van der Waals surface area contributed by atoms with E-state index in [4.69, 9.17) is 15.0 Å². The fourth-order valence-corrected chi connectivity index (χ4v) is 7.67. The summed E-state index contributed by atoms with van der Waals surface area (Å²) in [5.41, 5.74) is 7.93. The van der Waals surface area contributed by atoms with Crippen LogP contribution >= 0.6 is 0 Å². The van der Waals surface area contributed by atoms with Crippen LogP contribution in [0.4, 0.5) is 0 Å². The first-order chi connectivity index (χ1) is 21.0. The van der Waals surface area contributed by atoms with E-state index in [9.17, 15) is 0 Å². The Morgan fingerprint density at radius 3 is 1.00 bits per heavy atom. The molecule has 6 aromatic rings. The summed E-state index contributed by atoms with van der Waals surface area (Å²) >= 11 is 0. The molecule has 0 saturated heterocycles. The van der Waals surface area contributed by atoms with Crippen LogP contribution in [-0.4, -0.2) is 31.1 Å². The topological polar surface area (TPSA) is 38.7 Å². The summed E-state index contributed by atoms with van der Waals surface area (Å²) in [6.07, 6.45) is 0. The number of nitrogens with zero attached hydrogens (tertiary/aromatic N) is 3. The minimum absolute atomic E-state index is 0.682. The van der Waals surface area contributed by atoms with E-state index < -0.39 is 16.1 Å². The van der Waals surface area contributed by atoms with Crippen molar-refractivity contribution in [3.63, 3.8) is 0 Å². The highest BCUT2D eigenvalue weighted by atomic mass is 28.3. The molecule has 0 aliphatic rings. The molecule has 0 atom stereocenters. The molecular formula is C39H39N3Si2. The van der Waals surface area contributed by atoms with E-state index in [1.807, 2.05) is 36.4 Å². The van der Waals surface area contributed by atoms with Crippen molar-refractivity contribution >= 4 is 26.5 Å². The van der Waals surface area contributed by atoms with Gasteiger partial charge in [-0.3, -0.25) is 0 Å². The van der Waals surface area contributed by atoms with Crippen molar-refractivity contribution in [3.05, 3.63) is 127 Å². The van der Waals surface area contributed by atoms with Crippen LogP contribution in [0.1, 0.15) is 0 Å². The summed E-state index contributed by atoms with van der Waals surface area (Å²) in [4.78, 5) is 15.1. The van der Waals surface area contributed by atoms with E-state index in [1.165, 1.54) is 32.6 Å². The molecule has 0 saturated carbocycles. The summed E-state index contributed by atoms with van der Waals surface area (Å²) in [5, 5.41) is 2.83. The van der Waals surface area contributed by atoms with Gasteiger partial charge in [-0.2, -0.15) is 0 Å². The van der Waals surface area contributed by atoms with Gasteiger partial charge in [0, 0.05) is 16.7 Å². The van der Waals surface area contributed by atoms with Gasteiger partial charge in [-0.25, -0.2) is 15.0 Å². The van der Waals surface area contributed by atoms with Crippen LogP contribution in [0.5, 0.6) is 0 Å². The van der Waals surface area contributed by atoms with Gasteiger partial charge in [0.1, 0.15) is 0 Å². The van der Waals surface area contributed by atoms with Gasteiger partial charge in [0.2, 0.25) is 0 Å². The zero-order valence-electron chi connectivity index (χ0n) is 26.5. The van der Waals surface area contributed by atoms with Gasteiger partial charge in [-0.05, 0) is 34.4 Å². The molecule has 1 aromatic heterocycles. The maximum absolute atomic E-state index is 5.08. The summed E-state index contributed by atoms with van der Waals surface area (Å²) in [7, 11) is -3.31. The van der Waals surface area contributed by atoms with Crippen LogP contribution in [0.25, 0.3) is 56.4 Å². The zero-order valence-corrected chi connectivity index (χ0v) is 28.5. The third kappa shape index (κ3) is 6.54. The highest BCUT2D eigenvalue weighted by Gasteiger charge is 2.23. The van der Waals surface area contributed by atoms with E-state index in [2.05, 4.69) is 130 Å². The first-order valence-electron chi connectivity index (χ1n) is 15.3. The van der Waals surface area contributed by atoms with Crippen LogP contribution < -0.4 is 10.4 Å². The van der Waals surface area contributed by atoms with Crippen molar-refractivity contribution in [2.24, 2.45) is 0 Å². The predicted molar refractivity (Wildman–Crippen MR) is 193 cm³/mol. The summed E-state index contributed by atoms with van der Waals surface area (Å²) in [6, 6.07) is 45.3. The van der Waals surface area contributed by atoms with Crippen molar-refractivity contribution in [1.82, 2.24) is 15.0 Å². The molecule has 0 radical (unpaired) electrons. The fraction of sp³-hybridized carbons (Fsp3) is 0.154. The number of aromatic nitrogens is 3. The van der Waals surface area contributed by atoms with E-state index in [0.717, 1.165) is 16.7 Å². The number of rotatable bonds is 7. The highest BCUT2D eigenvalue weighted by Crippen LogP contribution is 2.31. The first-order valence-corrected chi connectivity index (χ1v) is 22.3. The number of hydrogen-bond acceptors (Lipinski definition) is 3. The standard InChI is InChI=1S/C39H39N3Si2/c1-43(2,3)35-24-31(28-16-10-7-11-17-28)22-32(25-35)33-23-34(27-36(26-33)44(4,5)6)39-41-37(29-18-12-8-13-19-29)40-38(42-39)30-20-14-9-15-21-30/h7-27H,1-6H3. The van der Waals surface area contributed by atoms with E-state index in [0.29, 0.717) is 17.5 Å². The van der Waals surface area contributed by atoms with Crippen molar-refractivity contribution in [1.29, 1.82) is 0 Å². The zero-order chi connectivity index (χ0) is 30.9. The van der Waals surface area contributed by atoms with Crippen LogP contribution in [-0.2, 0) is 0 Å². The minimum atomic E-state index is -1.71. The van der Waals surface area contributed by atoms with Crippen LogP contribution in [0.2, 0.25) is 39.3 Å². The molecule has 0 unspecified atom stereocenters. The smallest absolute Gasteiger partial charge is 0.164 e. The quantitative estimate of drug-likeness (QED) is 0.170. The van der Waals surface area contributed by atoms with Gasteiger partial charge in [0.15, 0.2) is 17.5 Å². The normalized spacial score (nSPS) is 11.9. The molecule has 44 heavy (non-hydrogen) atoms. The Bertz CT molecular complexity index is 1850. The maximum atomic E-state index is 5.08.